The lowest BCUT2D eigenvalue weighted by molar-refractivity contribution is -0.113. The molecule has 3 N–H and O–H groups in total. The highest BCUT2D eigenvalue weighted by molar-refractivity contribution is 6.41. The summed E-state index contributed by atoms with van der Waals surface area (Å²) in [6.07, 6.45) is 6.68. The minimum Gasteiger partial charge on any atom is -0.368 e. The summed E-state index contributed by atoms with van der Waals surface area (Å²) in [6.45, 7) is 0.245. The van der Waals surface area contributed by atoms with Gasteiger partial charge in [-0.1, -0.05) is 11.6 Å². The van der Waals surface area contributed by atoms with Crippen LogP contribution in [-0.4, -0.2) is 35.6 Å². The van der Waals surface area contributed by atoms with Crippen molar-refractivity contribution in [2.45, 2.75) is 6.54 Å². The van der Waals surface area contributed by atoms with Gasteiger partial charge >= 0.3 is 0 Å². The van der Waals surface area contributed by atoms with E-state index in [0.29, 0.717) is 28.5 Å². The van der Waals surface area contributed by atoms with Crippen LogP contribution >= 0.6 is 11.6 Å². The molecule has 1 aliphatic heterocycles. The fraction of sp³-hybridized carbons (Fsp3) is 0.133. The Morgan fingerprint density at radius 3 is 2.92 bits per heavy atom. The normalized spacial score (nSPS) is 15.2. The van der Waals surface area contributed by atoms with Gasteiger partial charge in [0.15, 0.2) is 5.82 Å². The van der Waals surface area contributed by atoms with Gasteiger partial charge in [-0.25, -0.2) is 9.97 Å². The Morgan fingerprint density at radius 2 is 2.24 bits per heavy atom. The smallest absolute Gasteiger partial charge is 0.260 e. The Labute approximate surface area is 147 Å². The van der Waals surface area contributed by atoms with Crippen molar-refractivity contribution >= 4 is 40.9 Å². The summed E-state index contributed by atoms with van der Waals surface area (Å²) in [4.78, 5) is 29.7. The molecule has 126 valence electrons. The number of hydrogen-bond donors (Lipinski definition) is 2. The van der Waals surface area contributed by atoms with E-state index in [1.165, 1.54) is 4.90 Å². The lowest BCUT2D eigenvalue weighted by Gasteiger charge is -2.14. The zero-order valence-electron chi connectivity index (χ0n) is 13.1. The molecule has 0 bridgehead atoms. The number of carbonyl (C=O) groups excluding carboxylic acids is 1. The molecule has 0 spiro atoms. The van der Waals surface area contributed by atoms with Gasteiger partial charge in [0, 0.05) is 25.6 Å². The van der Waals surface area contributed by atoms with Crippen molar-refractivity contribution in [1.29, 1.82) is 0 Å². The molecule has 1 aliphatic rings. The molecule has 4 heterocycles. The number of aromatic nitrogens is 6. The van der Waals surface area contributed by atoms with Gasteiger partial charge in [-0.3, -0.25) is 14.4 Å². The van der Waals surface area contributed by atoms with E-state index < -0.39 is 0 Å². The van der Waals surface area contributed by atoms with Crippen LogP contribution < -0.4 is 10.6 Å². The van der Waals surface area contributed by atoms with Crippen LogP contribution in [0.2, 0.25) is 5.15 Å². The highest BCUT2D eigenvalue weighted by atomic mass is 35.5. The molecule has 25 heavy (non-hydrogen) atoms. The van der Waals surface area contributed by atoms with Crippen LogP contribution in [0.3, 0.4) is 0 Å². The van der Waals surface area contributed by atoms with Crippen molar-refractivity contribution < 1.29 is 4.79 Å². The van der Waals surface area contributed by atoms with Gasteiger partial charge in [0.05, 0.1) is 23.4 Å². The first kappa shape index (κ1) is 15.3. The van der Waals surface area contributed by atoms with E-state index in [-0.39, 0.29) is 23.6 Å². The number of aromatic amines is 1. The Balaban J connectivity index is 1.83. The van der Waals surface area contributed by atoms with Gasteiger partial charge in [0.2, 0.25) is 5.95 Å². The van der Waals surface area contributed by atoms with Crippen molar-refractivity contribution in [2.24, 2.45) is 7.05 Å². The number of nitrogen functional groups attached to an aromatic ring is 1. The predicted octanol–water partition coefficient (Wildman–Crippen LogP) is 1.26. The SMILES string of the molecule is Cn1ccc(CN2C(=O)/C(=C\c3ncc[nH]3)c3c(Cl)nc(N)nc32)n1. The van der Waals surface area contributed by atoms with E-state index in [2.05, 4.69) is 25.0 Å². The van der Waals surface area contributed by atoms with Crippen molar-refractivity contribution in [3.63, 3.8) is 0 Å². The molecular weight excluding hydrogens is 344 g/mol. The van der Waals surface area contributed by atoms with Crippen LogP contribution in [0.1, 0.15) is 17.1 Å². The number of nitrogens with one attached hydrogen (secondary N) is 1. The number of rotatable bonds is 3. The fourth-order valence-corrected chi connectivity index (χ4v) is 2.97. The maximum absolute atomic E-state index is 13.0. The van der Waals surface area contributed by atoms with Gasteiger partial charge in [-0.05, 0) is 12.1 Å². The fourth-order valence-electron chi connectivity index (χ4n) is 2.70. The average Bonchev–Trinajstić information content (AvgIpc) is 3.26. The molecule has 0 unspecified atom stereocenters. The lowest BCUT2D eigenvalue weighted by atomic mass is 10.1. The van der Waals surface area contributed by atoms with Crippen LogP contribution in [0.15, 0.2) is 24.7 Å². The summed E-state index contributed by atoms with van der Waals surface area (Å²) < 4.78 is 1.66. The number of aryl methyl sites for hydroxylation is 1. The van der Waals surface area contributed by atoms with Crippen molar-refractivity contribution in [3.05, 3.63) is 46.9 Å². The first-order valence-corrected chi connectivity index (χ1v) is 7.75. The molecular formula is C15H13ClN8O. The molecule has 0 atom stereocenters. The number of carbonyl (C=O) groups is 1. The number of nitrogens with two attached hydrogens (primary N) is 1. The second kappa shape index (κ2) is 5.71. The highest BCUT2D eigenvalue weighted by Crippen LogP contribution is 2.40. The summed E-state index contributed by atoms with van der Waals surface area (Å²) in [5.74, 6) is 0.633. The minimum atomic E-state index is -0.265. The standard InChI is InChI=1S/C15H13ClN8O/c1-23-5-2-8(22-23)7-24-13-11(12(16)20-15(17)21-13)9(14(24)25)6-10-18-3-4-19-10/h2-6H,7H2,1H3,(H,18,19)(H2,17,20,21)/b9-6-. The zero-order valence-corrected chi connectivity index (χ0v) is 13.9. The summed E-state index contributed by atoms with van der Waals surface area (Å²) >= 11 is 6.25. The zero-order chi connectivity index (χ0) is 17.6. The first-order chi connectivity index (χ1) is 12.0. The van der Waals surface area contributed by atoms with E-state index in [0.717, 1.165) is 0 Å². The van der Waals surface area contributed by atoms with Crippen molar-refractivity contribution in [3.8, 4) is 0 Å². The third kappa shape index (κ3) is 2.64. The predicted molar refractivity (Wildman–Crippen MR) is 92.3 cm³/mol. The summed E-state index contributed by atoms with van der Waals surface area (Å²) in [6, 6.07) is 1.83. The number of amides is 1. The number of imidazole rings is 1. The maximum Gasteiger partial charge on any atom is 0.260 e. The highest BCUT2D eigenvalue weighted by Gasteiger charge is 2.37. The third-order valence-corrected chi connectivity index (χ3v) is 4.03. The summed E-state index contributed by atoms with van der Waals surface area (Å²) in [5.41, 5.74) is 7.22. The number of nitrogens with zero attached hydrogens (tertiary/aromatic N) is 6. The van der Waals surface area contributed by atoms with Crippen LogP contribution in [0.4, 0.5) is 11.8 Å². The van der Waals surface area contributed by atoms with E-state index >= 15 is 0 Å². The number of anilines is 2. The third-order valence-electron chi connectivity index (χ3n) is 3.75. The molecule has 0 aromatic carbocycles. The molecule has 0 fully saturated rings. The molecule has 3 aromatic heterocycles. The van der Waals surface area contributed by atoms with Crippen LogP contribution in [0.5, 0.6) is 0 Å². The molecule has 9 nitrogen and oxygen atoms in total. The average molecular weight is 357 g/mol. The Morgan fingerprint density at radius 1 is 1.40 bits per heavy atom. The molecule has 0 saturated carbocycles. The van der Waals surface area contributed by atoms with Gasteiger partial charge < -0.3 is 10.7 Å². The topological polar surface area (TPSA) is 119 Å². The van der Waals surface area contributed by atoms with E-state index in [4.69, 9.17) is 17.3 Å². The molecule has 0 radical (unpaired) electrons. The van der Waals surface area contributed by atoms with Gasteiger partial charge in [0.1, 0.15) is 11.0 Å². The van der Waals surface area contributed by atoms with E-state index in [1.807, 2.05) is 13.1 Å². The second-order valence-electron chi connectivity index (χ2n) is 5.48. The van der Waals surface area contributed by atoms with Crippen molar-refractivity contribution in [2.75, 3.05) is 10.6 Å². The van der Waals surface area contributed by atoms with Crippen LogP contribution in [0, 0.1) is 0 Å². The number of H-pyrrole nitrogens is 1. The minimum absolute atomic E-state index is 0.00168. The molecule has 1 amide bonds. The molecule has 4 rings (SSSR count). The van der Waals surface area contributed by atoms with Crippen LogP contribution in [-0.2, 0) is 18.4 Å². The monoisotopic (exact) mass is 356 g/mol. The first-order valence-electron chi connectivity index (χ1n) is 7.38. The molecule has 0 aliphatic carbocycles. The Kier molecular flexibility index (Phi) is 3.50. The van der Waals surface area contributed by atoms with Gasteiger partial charge in [0.25, 0.3) is 5.91 Å². The molecule has 3 aromatic rings. The summed E-state index contributed by atoms with van der Waals surface area (Å²) in [7, 11) is 1.81. The van der Waals surface area contributed by atoms with Gasteiger partial charge in [-0.2, -0.15) is 10.1 Å². The second-order valence-corrected chi connectivity index (χ2v) is 5.83. The molecule has 10 heteroatoms. The van der Waals surface area contributed by atoms with Gasteiger partial charge in [-0.15, -0.1) is 0 Å². The number of fused-ring (bicyclic) bond motifs is 1. The maximum atomic E-state index is 13.0. The number of hydrogen-bond acceptors (Lipinski definition) is 6. The van der Waals surface area contributed by atoms with E-state index in [9.17, 15) is 4.79 Å². The largest absolute Gasteiger partial charge is 0.368 e. The Hall–Kier alpha value is -3.20. The van der Waals surface area contributed by atoms with Crippen molar-refractivity contribution in [1.82, 2.24) is 29.7 Å². The molecule has 0 saturated heterocycles. The lowest BCUT2D eigenvalue weighted by Crippen LogP contribution is -2.26. The Bertz CT molecular complexity index is 991. The van der Waals surface area contributed by atoms with E-state index in [1.54, 1.807) is 29.3 Å². The number of halogens is 1. The van der Waals surface area contributed by atoms with Crippen LogP contribution in [0.25, 0.3) is 11.6 Å². The summed E-state index contributed by atoms with van der Waals surface area (Å²) in [5, 5.41) is 4.43. The quantitative estimate of drug-likeness (QED) is 0.538.